The molecule has 2 heterocycles. The van der Waals surface area contributed by atoms with Gasteiger partial charge in [-0.25, -0.2) is 4.68 Å². The zero-order valence-electron chi connectivity index (χ0n) is 20.5. The lowest BCUT2D eigenvalue weighted by Crippen LogP contribution is -2.42. The summed E-state index contributed by atoms with van der Waals surface area (Å²) in [6, 6.07) is 6.69. The Hall–Kier alpha value is -3.96. The summed E-state index contributed by atoms with van der Waals surface area (Å²) in [4.78, 5) is 47.6. The third-order valence-corrected chi connectivity index (χ3v) is 5.72. The molecule has 1 aliphatic heterocycles. The lowest BCUT2D eigenvalue weighted by molar-refractivity contribution is -0.197. The molecule has 0 saturated heterocycles. The van der Waals surface area contributed by atoms with Crippen LogP contribution in [-0.2, 0) is 35.0 Å². The summed E-state index contributed by atoms with van der Waals surface area (Å²) in [6.45, 7) is 2.90. The van der Waals surface area contributed by atoms with Gasteiger partial charge in [0.15, 0.2) is 12.1 Å². The van der Waals surface area contributed by atoms with Crippen LogP contribution in [0, 0.1) is 0 Å². The molecule has 0 unspecified atom stereocenters. The van der Waals surface area contributed by atoms with Crippen molar-refractivity contribution in [3.8, 4) is 0 Å². The van der Waals surface area contributed by atoms with Gasteiger partial charge in [-0.3, -0.25) is 19.2 Å². The van der Waals surface area contributed by atoms with Gasteiger partial charge in [-0.2, -0.15) is 0 Å². The number of ether oxygens (including phenoxy) is 4. The van der Waals surface area contributed by atoms with E-state index < -0.39 is 30.4 Å². The smallest absolute Gasteiger partial charge is 0.303 e. The van der Waals surface area contributed by atoms with Crippen LogP contribution >= 0.6 is 0 Å². The first kappa shape index (κ1) is 26.1. The number of allylic oxidation sites excluding steroid dienone is 2. The molecule has 1 aromatic carbocycles. The molecule has 0 amide bonds. The van der Waals surface area contributed by atoms with Crippen LogP contribution in [-0.4, -0.2) is 70.2 Å². The summed E-state index contributed by atoms with van der Waals surface area (Å²) >= 11 is 0. The van der Waals surface area contributed by atoms with Crippen LogP contribution in [0.1, 0.15) is 53.1 Å². The Morgan fingerprint density at radius 3 is 2.59 bits per heavy atom. The first-order valence-corrected chi connectivity index (χ1v) is 11.9. The highest BCUT2D eigenvalue weighted by Crippen LogP contribution is 2.24. The number of ketones is 2. The molecule has 37 heavy (non-hydrogen) atoms. The highest BCUT2D eigenvalue weighted by Gasteiger charge is 2.31. The fraction of sp³-hybridized carbons (Fsp3) is 0.385. The molecule has 0 spiro atoms. The topological polar surface area (TPSA) is 136 Å². The lowest BCUT2D eigenvalue weighted by atomic mass is 9.93. The summed E-state index contributed by atoms with van der Waals surface area (Å²) in [7, 11) is 0. The van der Waals surface area contributed by atoms with Crippen molar-refractivity contribution in [3.05, 3.63) is 65.5 Å². The van der Waals surface area contributed by atoms with Crippen LogP contribution in [0.4, 0.5) is 0 Å². The van der Waals surface area contributed by atoms with Crippen molar-refractivity contribution >= 4 is 29.2 Å². The molecule has 11 nitrogen and oxygen atoms in total. The maximum absolute atomic E-state index is 12.8. The zero-order valence-corrected chi connectivity index (χ0v) is 20.5. The number of fused-ring (bicyclic) bond motifs is 1. The van der Waals surface area contributed by atoms with Gasteiger partial charge in [0.05, 0.1) is 18.5 Å². The van der Waals surface area contributed by atoms with Crippen molar-refractivity contribution in [2.24, 2.45) is 0 Å². The Kier molecular flexibility index (Phi) is 8.36. The Balaban J connectivity index is 1.24. The van der Waals surface area contributed by atoms with E-state index >= 15 is 0 Å². The first-order valence-electron chi connectivity index (χ1n) is 11.9. The first-order chi connectivity index (χ1) is 17.8. The van der Waals surface area contributed by atoms with E-state index in [4.69, 9.17) is 18.9 Å². The second kappa shape index (κ2) is 11.8. The van der Waals surface area contributed by atoms with Crippen molar-refractivity contribution < 1.29 is 38.1 Å². The molecule has 0 saturated carbocycles. The van der Waals surface area contributed by atoms with Gasteiger partial charge in [0.1, 0.15) is 24.5 Å². The Bertz CT molecular complexity index is 1250. The number of carbonyl (C=O) groups is 4. The third-order valence-electron chi connectivity index (χ3n) is 5.72. The van der Waals surface area contributed by atoms with E-state index in [1.165, 1.54) is 24.6 Å². The number of aromatic nitrogens is 3. The van der Waals surface area contributed by atoms with Crippen LogP contribution in [0.5, 0.6) is 0 Å². The van der Waals surface area contributed by atoms with Crippen LogP contribution in [0.3, 0.4) is 0 Å². The summed E-state index contributed by atoms with van der Waals surface area (Å²) in [5, 5.41) is 8.15. The molecule has 11 heteroatoms. The van der Waals surface area contributed by atoms with E-state index in [1.807, 2.05) is 0 Å². The molecule has 1 aromatic heterocycles. The number of hydrogen-bond donors (Lipinski definition) is 0. The number of aryl methyl sites for hydroxylation is 1. The molecule has 0 bridgehead atoms. The van der Waals surface area contributed by atoms with Gasteiger partial charge in [-0.15, -0.1) is 5.10 Å². The Morgan fingerprint density at radius 1 is 1.05 bits per heavy atom. The number of esters is 2. The molecule has 2 aliphatic rings. The van der Waals surface area contributed by atoms with Gasteiger partial charge < -0.3 is 18.9 Å². The molecular formula is C26H27N3O8. The number of hydrogen-bond acceptors (Lipinski definition) is 10. The van der Waals surface area contributed by atoms with Crippen LogP contribution in [0.15, 0.2) is 48.7 Å². The fourth-order valence-electron chi connectivity index (χ4n) is 3.96. The van der Waals surface area contributed by atoms with Crippen LogP contribution in [0.25, 0.3) is 5.70 Å². The van der Waals surface area contributed by atoms with E-state index in [1.54, 1.807) is 42.6 Å². The molecular weight excluding hydrogens is 482 g/mol. The lowest BCUT2D eigenvalue weighted by Gasteiger charge is -2.31. The van der Waals surface area contributed by atoms with E-state index in [2.05, 4.69) is 10.3 Å². The molecule has 0 fully saturated rings. The SMILES string of the molecule is CC(=O)OC[C@H]1O[C@H](OCCCCc2cn(C3=CC(=O)c4ccccc4C3=O)nn2)C=C[C@@H]1OC(C)=O. The minimum Gasteiger partial charge on any atom is -0.463 e. The third kappa shape index (κ3) is 6.63. The van der Waals surface area contributed by atoms with E-state index in [0.717, 1.165) is 6.42 Å². The molecule has 3 atom stereocenters. The zero-order chi connectivity index (χ0) is 26.4. The van der Waals surface area contributed by atoms with E-state index in [0.29, 0.717) is 36.3 Å². The summed E-state index contributed by atoms with van der Waals surface area (Å²) in [5.74, 6) is -1.45. The molecule has 0 radical (unpaired) electrons. The Labute approximate surface area is 213 Å². The molecule has 1 aliphatic carbocycles. The van der Waals surface area contributed by atoms with Gasteiger partial charge in [0.25, 0.3) is 0 Å². The summed E-state index contributed by atoms with van der Waals surface area (Å²) in [6.07, 6.45) is 6.25. The van der Waals surface area contributed by atoms with Crippen molar-refractivity contribution in [3.63, 3.8) is 0 Å². The number of Topliss-reactive ketones (excluding diaryl/α,β-unsaturated/α-hetero) is 1. The maximum Gasteiger partial charge on any atom is 0.303 e. The number of nitrogens with zero attached hydrogens (tertiary/aromatic N) is 3. The molecule has 4 rings (SSSR count). The quantitative estimate of drug-likeness (QED) is 0.267. The minimum atomic E-state index is -0.673. The van der Waals surface area contributed by atoms with Crippen molar-refractivity contribution in [1.29, 1.82) is 0 Å². The normalized spacial score (nSPS) is 20.8. The van der Waals surface area contributed by atoms with Gasteiger partial charge in [0.2, 0.25) is 5.78 Å². The van der Waals surface area contributed by atoms with Crippen molar-refractivity contribution in [2.75, 3.05) is 13.2 Å². The summed E-state index contributed by atoms with van der Waals surface area (Å²) in [5.41, 5.74) is 1.59. The fourth-order valence-corrected chi connectivity index (χ4v) is 3.96. The van der Waals surface area contributed by atoms with E-state index in [-0.39, 0.29) is 23.9 Å². The monoisotopic (exact) mass is 509 g/mol. The van der Waals surface area contributed by atoms with Gasteiger partial charge in [-0.1, -0.05) is 29.5 Å². The predicted octanol–water partition coefficient (Wildman–Crippen LogP) is 2.31. The second-order valence-electron chi connectivity index (χ2n) is 8.56. The standard InChI is InChI=1S/C26H27N3O8/c1-16(30)35-15-24-23(36-17(2)31)10-11-25(37-24)34-12-6-5-7-18-14-29(28-27-18)21-13-22(32)19-8-3-4-9-20(19)26(21)33/h3-4,8-11,13-14,23-25H,5-7,12,15H2,1-2H3/t23-,24+,25-/m0/s1. The average Bonchev–Trinajstić information content (AvgIpc) is 3.34. The number of carbonyl (C=O) groups excluding carboxylic acids is 4. The maximum atomic E-state index is 12.8. The highest BCUT2D eigenvalue weighted by atomic mass is 16.7. The summed E-state index contributed by atoms with van der Waals surface area (Å²) < 4.78 is 23.1. The van der Waals surface area contributed by atoms with Crippen LogP contribution in [0.2, 0.25) is 0 Å². The number of benzene rings is 1. The predicted molar refractivity (Wildman–Crippen MR) is 128 cm³/mol. The molecule has 2 aromatic rings. The van der Waals surface area contributed by atoms with E-state index in [9.17, 15) is 19.2 Å². The van der Waals surface area contributed by atoms with Crippen molar-refractivity contribution in [1.82, 2.24) is 15.0 Å². The number of unbranched alkanes of at least 4 members (excludes halogenated alkanes) is 1. The van der Waals surface area contributed by atoms with Gasteiger partial charge in [0, 0.05) is 31.1 Å². The largest absolute Gasteiger partial charge is 0.463 e. The minimum absolute atomic E-state index is 0.0662. The van der Waals surface area contributed by atoms with Crippen molar-refractivity contribution in [2.45, 2.75) is 51.6 Å². The van der Waals surface area contributed by atoms with Gasteiger partial charge in [-0.05, 0) is 31.4 Å². The Morgan fingerprint density at radius 2 is 1.84 bits per heavy atom. The van der Waals surface area contributed by atoms with Crippen LogP contribution < -0.4 is 0 Å². The molecule has 0 N–H and O–H groups in total. The number of rotatable bonds is 10. The van der Waals surface area contributed by atoms with Gasteiger partial charge >= 0.3 is 11.9 Å². The molecule has 194 valence electrons. The average molecular weight is 510 g/mol. The second-order valence-corrected chi connectivity index (χ2v) is 8.56. The highest BCUT2D eigenvalue weighted by molar-refractivity contribution is 6.35.